The molecule has 0 unspecified atom stereocenters. The van der Waals surface area contributed by atoms with Crippen molar-refractivity contribution >= 4 is 6.20 Å². The van der Waals surface area contributed by atoms with Gasteiger partial charge in [-0.15, -0.1) is 5.10 Å². The van der Waals surface area contributed by atoms with Gasteiger partial charge in [0.2, 0.25) is 0 Å². The van der Waals surface area contributed by atoms with Crippen LogP contribution >= 0.6 is 0 Å². The third-order valence-corrected chi connectivity index (χ3v) is 1.00. The van der Waals surface area contributed by atoms with Crippen molar-refractivity contribution in [1.29, 1.82) is 0 Å². The number of rotatable bonds is 2. The SMILES string of the molecule is [CH2]Cc1cn(C=C)nn1. The van der Waals surface area contributed by atoms with Crippen LogP contribution in [0.25, 0.3) is 6.20 Å². The van der Waals surface area contributed by atoms with Crippen molar-refractivity contribution in [2.45, 2.75) is 6.42 Å². The molecule has 9 heavy (non-hydrogen) atoms. The smallest absolute Gasteiger partial charge is 0.0831 e. The van der Waals surface area contributed by atoms with E-state index in [0.29, 0.717) is 6.42 Å². The molecule has 0 fully saturated rings. The lowest BCUT2D eigenvalue weighted by Gasteiger charge is -1.80. The van der Waals surface area contributed by atoms with E-state index in [0.717, 1.165) is 5.69 Å². The van der Waals surface area contributed by atoms with Crippen LogP contribution in [0.5, 0.6) is 0 Å². The third kappa shape index (κ3) is 1.16. The normalized spacial score (nSPS) is 9.44. The van der Waals surface area contributed by atoms with Gasteiger partial charge in [0, 0.05) is 6.20 Å². The molecule has 1 aromatic heterocycles. The van der Waals surface area contributed by atoms with Gasteiger partial charge in [-0.2, -0.15) is 0 Å². The van der Waals surface area contributed by atoms with E-state index in [9.17, 15) is 0 Å². The second-order valence-corrected chi connectivity index (χ2v) is 1.62. The largest absolute Gasteiger partial charge is 0.228 e. The van der Waals surface area contributed by atoms with Gasteiger partial charge in [0.1, 0.15) is 0 Å². The third-order valence-electron chi connectivity index (χ3n) is 1.00. The van der Waals surface area contributed by atoms with Crippen LogP contribution < -0.4 is 0 Å². The van der Waals surface area contributed by atoms with Crippen LogP contribution in [0.3, 0.4) is 0 Å². The summed E-state index contributed by atoms with van der Waals surface area (Å²) in [6.07, 6.45) is 4.06. The van der Waals surface area contributed by atoms with Crippen LogP contribution in [0.2, 0.25) is 0 Å². The highest BCUT2D eigenvalue weighted by atomic mass is 15.4. The fourth-order valence-electron chi connectivity index (χ4n) is 0.517. The van der Waals surface area contributed by atoms with E-state index in [2.05, 4.69) is 23.8 Å². The van der Waals surface area contributed by atoms with Crippen LogP contribution in [-0.4, -0.2) is 15.0 Å². The summed E-state index contributed by atoms with van der Waals surface area (Å²) in [7, 11) is 0. The molecule has 0 aromatic carbocycles. The van der Waals surface area contributed by atoms with Gasteiger partial charge in [0.05, 0.1) is 11.9 Å². The van der Waals surface area contributed by atoms with E-state index in [1.165, 1.54) is 0 Å². The first-order valence-electron chi connectivity index (χ1n) is 2.69. The molecule has 3 nitrogen and oxygen atoms in total. The maximum atomic E-state index is 3.78. The minimum absolute atomic E-state index is 0.674. The van der Waals surface area contributed by atoms with Gasteiger partial charge in [-0.05, 0) is 13.3 Å². The summed E-state index contributed by atoms with van der Waals surface area (Å²) < 4.78 is 1.56. The zero-order valence-corrected chi connectivity index (χ0v) is 5.12. The second-order valence-electron chi connectivity index (χ2n) is 1.62. The van der Waals surface area contributed by atoms with E-state index in [4.69, 9.17) is 0 Å². The summed E-state index contributed by atoms with van der Waals surface area (Å²) in [5.41, 5.74) is 0.884. The van der Waals surface area contributed by atoms with Gasteiger partial charge in [0.25, 0.3) is 0 Å². The van der Waals surface area contributed by atoms with E-state index >= 15 is 0 Å². The highest BCUT2D eigenvalue weighted by molar-refractivity contribution is 5.13. The molecule has 0 saturated carbocycles. The number of nitrogens with zero attached hydrogens (tertiary/aromatic N) is 3. The van der Waals surface area contributed by atoms with Gasteiger partial charge in [-0.25, -0.2) is 4.68 Å². The molecule has 0 N–H and O–H groups in total. The van der Waals surface area contributed by atoms with Crippen LogP contribution in [0.1, 0.15) is 5.69 Å². The molecule has 1 rings (SSSR count). The molecule has 0 bridgehead atoms. The Morgan fingerprint density at radius 1 is 1.78 bits per heavy atom. The second kappa shape index (κ2) is 2.44. The number of hydrogen-bond donors (Lipinski definition) is 0. The monoisotopic (exact) mass is 122 g/mol. The minimum atomic E-state index is 0.674. The highest BCUT2D eigenvalue weighted by Gasteiger charge is 1.91. The lowest BCUT2D eigenvalue weighted by Crippen LogP contribution is -1.83. The topological polar surface area (TPSA) is 30.7 Å². The van der Waals surface area contributed by atoms with Crippen molar-refractivity contribution in [3.8, 4) is 0 Å². The van der Waals surface area contributed by atoms with Gasteiger partial charge >= 0.3 is 0 Å². The fraction of sp³-hybridized carbons (Fsp3) is 0.167. The van der Waals surface area contributed by atoms with E-state index < -0.39 is 0 Å². The maximum Gasteiger partial charge on any atom is 0.0831 e. The molecule has 1 aromatic rings. The van der Waals surface area contributed by atoms with Crippen LogP contribution in [0.4, 0.5) is 0 Å². The molecule has 0 aliphatic rings. The van der Waals surface area contributed by atoms with Crippen molar-refractivity contribution in [2.75, 3.05) is 0 Å². The van der Waals surface area contributed by atoms with Crippen molar-refractivity contribution in [1.82, 2.24) is 15.0 Å². The Kier molecular flexibility index (Phi) is 1.63. The summed E-state index contributed by atoms with van der Waals surface area (Å²) in [6, 6.07) is 0. The molecule has 1 radical (unpaired) electrons. The number of aromatic nitrogens is 3. The van der Waals surface area contributed by atoms with Crippen molar-refractivity contribution in [3.05, 3.63) is 25.4 Å². The van der Waals surface area contributed by atoms with Gasteiger partial charge in [-0.3, -0.25) is 0 Å². The summed E-state index contributed by atoms with van der Waals surface area (Å²) in [4.78, 5) is 0. The molecule has 0 aliphatic carbocycles. The molecule has 0 atom stereocenters. The molecule has 0 spiro atoms. The summed E-state index contributed by atoms with van der Waals surface area (Å²) >= 11 is 0. The van der Waals surface area contributed by atoms with Crippen molar-refractivity contribution in [2.24, 2.45) is 0 Å². The molecule has 0 saturated heterocycles. The van der Waals surface area contributed by atoms with Crippen molar-refractivity contribution < 1.29 is 0 Å². The first-order chi connectivity index (χ1) is 4.36. The maximum absolute atomic E-state index is 3.78. The zero-order chi connectivity index (χ0) is 6.69. The Labute approximate surface area is 54.0 Å². The van der Waals surface area contributed by atoms with Gasteiger partial charge < -0.3 is 0 Å². The van der Waals surface area contributed by atoms with Crippen molar-refractivity contribution in [3.63, 3.8) is 0 Å². The Morgan fingerprint density at radius 3 is 2.89 bits per heavy atom. The Hall–Kier alpha value is -1.12. The average Bonchev–Trinajstić information content (AvgIpc) is 2.34. The Balaban J connectivity index is 2.86. The standard InChI is InChI=1S/C6H8N3/c1-3-6-5-9(4-2)8-7-6/h4-5H,1-3H2. The first-order valence-corrected chi connectivity index (χ1v) is 2.69. The number of hydrogen-bond acceptors (Lipinski definition) is 2. The lowest BCUT2D eigenvalue weighted by atomic mass is 10.4. The molecule has 0 amide bonds. The highest BCUT2D eigenvalue weighted by Crippen LogP contribution is 1.91. The van der Waals surface area contributed by atoms with Gasteiger partial charge in [-0.1, -0.05) is 11.8 Å². The predicted octanol–water partition coefficient (Wildman–Crippen LogP) is 0.755. The molecule has 1 heterocycles. The quantitative estimate of drug-likeness (QED) is 0.579. The average molecular weight is 122 g/mol. The summed E-state index contributed by atoms with van der Waals surface area (Å²) in [5, 5.41) is 7.50. The zero-order valence-electron chi connectivity index (χ0n) is 5.12. The molecular formula is C6H8N3. The van der Waals surface area contributed by atoms with E-state index in [1.54, 1.807) is 17.1 Å². The fourth-order valence-corrected chi connectivity index (χ4v) is 0.517. The molecular weight excluding hydrogens is 114 g/mol. The van der Waals surface area contributed by atoms with Crippen LogP contribution in [0, 0.1) is 6.92 Å². The first kappa shape index (κ1) is 6.01. The van der Waals surface area contributed by atoms with E-state index in [1.807, 2.05) is 0 Å². The summed E-state index contributed by atoms with van der Waals surface area (Å²) in [5.74, 6) is 0. The molecule has 3 heteroatoms. The van der Waals surface area contributed by atoms with E-state index in [-0.39, 0.29) is 0 Å². The lowest BCUT2D eigenvalue weighted by molar-refractivity contribution is 0.835. The minimum Gasteiger partial charge on any atom is -0.228 e. The Bertz CT molecular complexity index is 202. The molecule has 47 valence electrons. The van der Waals surface area contributed by atoms with Crippen LogP contribution in [0.15, 0.2) is 12.8 Å². The predicted molar refractivity (Wildman–Crippen MR) is 35.5 cm³/mol. The van der Waals surface area contributed by atoms with Gasteiger partial charge in [0.15, 0.2) is 0 Å². The summed E-state index contributed by atoms with van der Waals surface area (Å²) in [6.45, 7) is 7.17. The Morgan fingerprint density at radius 2 is 2.56 bits per heavy atom. The molecule has 0 aliphatic heterocycles. The van der Waals surface area contributed by atoms with Crippen LogP contribution in [-0.2, 0) is 6.42 Å².